The molecule has 0 fully saturated rings. The van der Waals surface area contributed by atoms with Gasteiger partial charge in [-0.05, 0) is 77.0 Å². The number of carbonyl (C=O) groups is 2. The highest BCUT2D eigenvalue weighted by Crippen LogP contribution is 2.13. The topological polar surface area (TPSA) is 72.8 Å². The number of hydrogen-bond acceptors (Lipinski definition) is 5. The van der Waals surface area contributed by atoms with Gasteiger partial charge in [-0.1, -0.05) is 171 Å². The van der Waals surface area contributed by atoms with Gasteiger partial charge in [0, 0.05) is 12.8 Å². The normalized spacial score (nSPS) is 12.8. The van der Waals surface area contributed by atoms with Crippen LogP contribution in [0.1, 0.15) is 200 Å². The fourth-order valence-corrected chi connectivity index (χ4v) is 5.83. The molecule has 0 saturated carbocycles. The maximum Gasteiger partial charge on any atom is 0.306 e. The van der Waals surface area contributed by atoms with Crippen molar-refractivity contribution in [3.05, 3.63) is 60.8 Å². The Labute approximate surface area is 315 Å². The molecule has 0 amide bonds. The third kappa shape index (κ3) is 40.2. The second kappa shape index (κ2) is 42.0. The lowest BCUT2D eigenvalue weighted by atomic mass is 10.1. The molecule has 0 saturated heterocycles. The molecule has 0 bridgehead atoms. The minimum absolute atomic E-state index is 0.0756. The molecule has 1 unspecified atom stereocenters. The Morgan fingerprint density at radius 1 is 0.471 bits per heavy atom. The van der Waals surface area contributed by atoms with E-state index >= 15 is 0 Å². The van der Waals surface area contributed by atoms with Crippen LogP contribution in [0, 0.1) is 0 Å². The predicted molar refractivity (Wildman–Crippen MR) is 219 cm³/mol. The van der Waals surface area contributed by atoms with Gasteiger partial charge in [-0.15, -0.1) is 0 Å². The van der Waals surface area contributed by atoms with Crippen LogP contribution in [0.25, 0.3) is 0 Å². The molecule has 5 heteroatoms. The van der Waals surface area contributed by atoms with Gasteiger partial charge in [0.1, 0.15) is 6.61 Å². The van der Waals surface area contributed by atoms with E-state index in [1.807, 2.05) is 0 Å². The van der Waals surface area contributed by atoms with E-state index in [4.69, 9.17) is 9.47 Å². The molecule has 0 aliphatic carbocycles. The standard InChI is InChI=1S/C46H80O5/c1-3-5-7-9-11-13-15-17-19-21-23-25-27-29-31-33-35-37-39-41-46(49)51-44(42-47)43-50-45(48)40-38-36-34-32-30-28-26-24-22-20-18-16-14-12-10-8-6-4-2/h5,7,11,13,17,19-20,22-23,25,44,47H,3-4,6,8-10,12,14-16,18,21,24,26-43H2,1-2H3/b7-5-,13-11-,19-17-,22-20-,25-23-. The van der Waals surface area contributed by atoms with Crippen LogP contribution in [0.15, 0.2) is 60.8 Å². The molecule has 0 rings (SSSR count). The average molecular weight is 713 g/mol. The number of hydrogen-bond donors (Lipinski definition) is 1. The second-order valence-electron chi connectivity index (χ2n) is 14.0. The lowest BCUT2D eigenvalue weighted by Gasteiger charge is -2.15. The van der Waals surface area contributed by atoms with Crippen LogP contribution in [0.2, 0.25) is 0 Å². The smallest absolute Gasteiger partial charge is 0.306 e. The van der Waals surface area contributed by atoms with Crippen molar-refractivity contribution in [2.75, 3.05) is 13.2 Å². The summed E-state index contributed by atoms with van der Waals surface area (Å²) in [6.07, 6.45) is 54.3. The average Bonchev–Trinajstić information content (AvgIpc) is 3.13. The minimum Gasteiger partial charge on any atom is -0.462 e. The van der Waals surface area contributed by atoms with Gasteiger partial charge in [0.15, 0.2) is 6.10 Å². The number of aliphatic hydroxyl groups excluding tert-OH is 1. The monoisotopic (exact) mass is 713 g/mol. The predicted octanol–water partition coefficient (Wildman–Crippen LogP) is 13.6. The largest absolute Gasteiger partial charge is 0.462 e. The molecule has 0 aromatic heterocycles. The third-order valence-electron chi connectivity index (χ3n) is 9.05. The Balaban J connectivity index is 3.58. The Kier molecular flexibility index (Phi) is 40.0. The van der Waals surface area contributed by atoms with Crippen molar-refractivity contribution >= 4 is 11.9 Å². The summed E-state index contributed by atoms with van der Waals surface area (Å²) in [5.41, 5.74) is 0. The van der Waals surface area contributed by atoms with E-state index in [-0.39, 0.29) is 25.2 Å². The van der Waals surface area contributed by atoms with E-state index in [1.54, 1.807) is 0 Å². The van der Waals surface area contributed by atoms with Crippen LogP contribution >= 0.6 is 0 Å². The summed E-state index contributed by atoms with van der Waals surface area (Å²) in [5.74, 6) is -0.612. The first-order valence-corrected chi connectivity index (χ1v) is 21.3. The fraction of sp³-hybridized carbons (Fsp3) is 0.739. The van der Waals surface area contributed by atoms with Gasteiger partial charge in [0.05, 0.1) is 6.61 Å². The van der Waals surface area contributed by atoms with Gasteiger partial charge in [0.2, 0.25) is 0 Å². The lowest BCUT2D eigenvalue weighted by Crippen LogP contribution is -2.28. The highest BCUT2D eigenvalue weighted by atomic mass is 16.6. The number of aliphatic hydroxyl groups is 1. The molecule has 0 radical (unpaired) electrons. The van der Waals surface area contributed by atoms with Crippen molar-refractivity contribution in [1.82, 2.24) is 0 Å². The first-order chi connectivity index (χ1) is 25.1. The zero-order valence-electron chi connectivity index (χ0n) is 33.4. The van der Waals surface area contributed by atoms with E-state index in [9.17, 15) is 14.7 Å². The molecule has 0 heterocycles. The van der Waals surface area contributed by atoms with Crippen molar-refractivity contribution in [2.45, 2.75) is 206 Å². The summed E-state index contributed by atoms with van der Waals surface area (Å²) < 4.78 is 10.6. The van der Waals surface area contributed by atoms with Crippen molar-refractivity contribution in [3.8, 4) is 0 Å². The zero-order valence-corrected chi connectivity index (χ0v) is 33.4. The molecule has 51 heavy (non-hydrogen) atoms. The maximum atomic E-state index is 12.2. The Bertz CT molecular complexity index is 899. The summed E-state index contributed by atoms with van der Waals surface area (Å²) in [6, 6.07) is 0. The fourth-order valence-electron chi connectivity index (χ4n) is 5.83. The Hall–Kier alpha value is -2.40. The molecule has 1 N–H and O–H groups in total. The molecule has 0 aromatic carbocycles. The Morgan fingerprint density at radius 2 is 0.843 bits per heavy atom. The SMILES string of the molecule is CC/C=C\C/C=C\C/C=C\C/C=C\CCCCCCCCC(=O)OC(CO)COC(=O)CCCCCCCCC/C=C\CCCCCCCCC. The second-order valence-corrected chi connectivity index (χ2v) is 14.0. The summed E-state index contributed by atoms with van der Waals surface area (Å²) in [6.45, 7) is 4.01. The van der Waals surface area contributed by atoms with E-state index in [1.165, 1.54) is 103 Å². The Morgan fingerprint density at radius 3 is 1.29 bits per heavy atom. The van der Waals surface area contributed by atoms with Crippen LogP contribution in [-0.2, 0) is 19.1 Å². The molecule has 0 aliphatic heterocycles. The van der Waals surface area contributed by atoms with Gasteiger partial charge in [-0.25, -0.2) is 0 Å². The van der Waals surface area contributed by atoms with Crippen molar-refractivity contribution < 1.29 is 24.2 Å². The van der Waals surface area contributed by atoms with Crippen LogP contribution in [0.4, 0.5) is 0 Å². The lowest BCUT2D eigenvalue weighted by molar-refractivity contribution is -0.161. The van der Waals surface area contributed by atoms with E-state index in [0.29, 0.717) is 12.8 Å². The molecule has 0 aliphatic rings. The molecule has 1 atom stereocenters. The van der Waals surface area contributed by atoms with Gasteiger partial charge in [-0.3, -0.25) is 9.59 Å². The van der Waals surface area contributed by atoms with E-state index in [2.05, 4.69) is 74.6 Å². The number of allylic oxidation sites excluding steroid dienone is 10. The summed E-state index contributed by atoms with van der Waals surface area (Å²) >= 11 is 0. The molecular weight excluding hydrogens is 633 g/mol. The van der Waals surface area contributed by atoms with Crippen LogP contribution in [0.3, 0.4) is 0 Å². The van der Waals surface area contributed by atoms with Gasteiger partial charge in [-0.2, -0.15) is 0 Å². The van der Waals surface area contributed by atoms with Crippen molar-refractivity contribution in [1.29, 1.82) is 0 Å². The van der Waals surface area contributed by atoms with Gasteiger partial charge < -0.3 is 14.6 Å². The number of rotatable bonds is 38. The zero-order chi connectivity index (χ0) is 37.1. The van der Waals surface area contributed by atoms with Crippen molar-refractivity contribution in [2.24, 2.45) is 0 Å². The minimum atomic E-state index is -0.782. The summed E-state index contributed by atoms with van der Waals surface area (Å²) in [5, 5.41) is 9.58. The first-order valence-electron chi connectivity index (χ1n) is 21.3. The van der Waals surface area contributed by atoms with E-state index in [0.717, 1.165) is 70.6 Å². The van der Waals surface area contributed by atoms with Gasteiger partial charge in [0.25, 0.3) is 0 Å². The van der Waals surface area contributed by atoms with E-state index < -0.39 is 6.10 Å². The molecule has 0 aromatic rings. The molecule has 294 valence electrons. The third-order valence-corrected chi connectivity index (χ3v) is 9.05. The number of ether oxygens (including phenoxy) is 2. The van der Waals surface area contributed by atoms with Gasteiger partial charge >= 0.3 is 11.9 Å². The quantitative estimate of drug-likeness (QED) is 0.0392. The summed E-state index contributed by atoms with van der Waals surface area (Å²) in [7, 11) is 0. The highest BCUT2D eigenvalue weighted by molar-refractivity contribution is 5.70. The van der Waals surface area contributed by atoms with Crippen LogP contribution in [-0.4, -0.2) is 36.4 Å². The van der Waals surface area contributed by atoms with Crippen molar-refractivity contribution in [3.63, 3.8) is 0 Å². The highest BCUT2D eigenvalue weighted by Gasteiger charge is 2.16. The van der Waals surface area contributed by atoms with Crippen LogP contribution in [0.5, 0.6) is 0 Å². The summed E-state index contributed by atoms with van der Waals surface area (Å²) in [4.78, 5) is 24.3. The molecular formula is C46H80O5. The number of unbranched alkanes of at least 4 members (excludes halogenated alkanes) is 20. The number of carbonyl (C=O) groups excluding carboxylic acids is 2. The maximum absolute atomic E-state index is 12.2. The van der Waals surface area contributed by atoms with Crippen LogP contribution < -0.4 is 0 Å². The molecule has 0 spiro atoms. The first kappa shape index (κ1) is 48.6. The molecule has 5 nitrogen and oxygen atoms in total. The number of esters is 2.